The van der Waals surface area contributed by atoms with Crippen molar-refractivity contribution < 1.29 is 4.42 Å². The molecule has 0 bridgehead atoms. The fraction of sp³-hybridized carbons (Fsp3) is 0.176. The number of aryl methyl sites for hydroxylation is 1. The maximum absolute atomic E-state index is 5.88. The van der Waals surface area contributed by atoms with E-state index in [0.717, 1.165) is 27.7 Å². The maximum Gasteiger partial charge on any atom is 0.276 e. The normalized spacial score (nSPS) is 10.9. The van der Waals surface area contributed by atoms with Crippen LogP contribution in [0.1, 0.15) is 5.56 Å². The van der Waals surface area contributed by atoms with Crippen LogP contribution in [0.2, 0.25) is 5.02 Å². The van der Waals surface area contributed by atoms with Crippen molar-refractivity contribution in [2.75, 3.05) is 11.5 Å². The molecule has 6 heteroatoms. The molecule has 23 heavy (non-hydrogen) atoms. The van der Waals surface area contributed by atoms with Gasteiger partial charge in [-0.25, -0.2) is 0 Å². The predicted molar refractivity (Wildman–Crippen MR) is 97.4 cm³/mol. The van der Waals surface area contributed by atoms with Crippen molar-refractivity contribution in [1.29, 1.82) is 0 Å². The van der Waals surface area contributed by atoms with Crippen molar-refractivity contribution in [1.82, 2.24) is 10.2 Å². The first-order valence-corrected chi connectivity index (χ1v) is 9.48. The number of hydrogen-bond donors (Lipinski definition) is 0. The van der Waals surface area contributed by atoms with Gasteiger partial charge in [0, 0.05) is 27.0 Å². The third-order valence-corrected chi connectivity index (χ3v) is 5.52. The molecule has 1 heterocycles. The molecule has 0 radical (unpaired) electrons. The molecule has 0 saturated heterocycles. The van der Waals surface area contributed by atoms with Gasteiger partial charge in [-0.1, -0.05) is 41.6 Å². The highest BCUT2D eigenvalue weighted by Gasteiger charge is 2.10. The van der Waals surface area contributed by atoms with E-state index in [1.807, 2.05) is 55.5 Å². The summed E-state index contributed by atoms with van der Waals surface area (Å²) in [4.78, 5) is 1.21. The molecule has 3 rings (SSSR count). The van der Waals surface area contributed by atoms with E-state index >= 15 is 0 Å². The van der Waals surface area contributed by atoms with E-state index in [1.54, 1.807) is 23.5 Å². The Labute approximate surface area is 148 Å². The van der Waals surface area contributed by atoms with Crippen LogP contribution >= 0.6 is 35.1 Å². The molecule has 0 aliphatic carbocycles. The highest BCUT2D eigenvalue weighted by Crippen LogP contribution is 2.27. The van der Waals surface area contributed by atoms with Crippen molar-refractivity contribution >= 4 is 35.1 Å². The van der Waals surface area contributed by atoms with E-state index in [0.29, 0.717) is 11.1 Å². The molecule has 1 aromatic heterocycles. The summed E-state index contributed by atoms with van der Waals surface area (Å²) in [6, 6.07) is 15.9. The Morgan fingerprint density at radius 3 is 2.48 bits per heavy atom. The molecule has 0 fully saturated rings. The summed E-state index contributed by atoms with van der Waals surface area (Å²) >= 11 is 9.24. The van der Waals surface area contributed by atoms with E-state index in [9.17, 15) is 0 Å². The minimum absolute atomic E-state index is 0.580. The van der Waals surface area contributed by atoms with Crippen LogP contribution in [-0.2, 0) is 0 Å². The number of benzene rings is 2. The second-order valence-corrected chi connectivity index (χ2v) is 7.49. The van der Waals surface area contributed by atoms with Gasteiger partial charge in [-0.15, -0.1) is 22.0 Å². The number of nitrogens with zero attached hydrogens (tertiary/aromatic N) is 2. The van der Waals surface area contributed by atoms with Crippen molar-refractivity contribution in [3.63, 3.8) is 0 Å². The molecule has 2 aromatic carbocycles. The van der Waals surface area contributed by atoms with Gasteiger partial charge in [0.25, 0.3) is 5.22 Å². The van der Waals surface area contributed by atoms with Gasteiger partial charge in [0.15, 0.2) is 0 Å². The minimum atomic E-state index is 0.580. The SMILES string of the molecule is Cc1ccccc1-c1nnc(SCCSc2ccc(Cl)cc2)o1. The summed E-state index contributed by atoms with van der Waals surface area (Å²) in [6.07, 6.45) is 0. The van der Waals surface area contributed by atoms with Gasteiger partial charge in [0.1, 0.15) is 0 Å². The van der Waals surface area contributed by atoms with Crippen LogP contribution in [0.4, 0.5) is 0 Å². The van der Waals surface area contributed by atoms with Crippen LogP contribution in [-0.4, -0.2) is 21.7 Å². The molecule has 0 aliphatic heterocycles. The summed E-state index contributed by atoms with van der Waals surface area (Å²) in [5.41, 5.74) is 2.12. The highest BCUT2D eigenvalue weighted by atomic mass is 35.5. The van der Waals surface area contributed by atoms with E-state index < -0.39 is 0 Å². The van der Waals surface area contributed by atoms with E-state index in [4.69, 9.17) is 16.0 Å². The quantitative estimate of drug-likeness (QED) is 0.422. The molecule has 0 unspecified atom stereocenters. The van der Waals surface area contributed by atoms with Crippen LogP contribution in [0.25, 0.3) is 11.5 Å². The molecule has 0 atom stereocenters. The van der Waals surface area contributed by atoms with Crippen LogP contribution in [0.15, 0.2) is 63.1 Å². The number of hydrogen-bond acceptors (Lipinski definition) is 5. The highest BCUT2D eigenvalue weighted by molar-refractivity contribution is 8.02. The van der Waals surface area contributed by atoms with Crippen LogP contribution in [0, 0.1) is 6.92 Å². The summed E-state index contributed by atoms with van der Waals surface area (Å²) < 4.78 is 5.73. The van der Waals surface area contributed by atoms with Crippen LogP contribution in [0.3, 0.4) is 0 Å². The van der Waals surface area contributed by atoms with Gasteiger partial charge in [-0.05, 0) is 42.8 Å². The lowest BCUT2D eigenvalue weighted by Gasteiger charge is -2.00. The number of thioether (sulfide) groups is 2. The predicted octanol–water partition coefficient (Wildman–Crippen LogP) is 5.58. The average molecular weight is 363 g/mol. The van der Waals surface area contributed by atoms with Gasteiger partial charge < -0.3 is 4.42 Å². The average Bonchev–Trinajstić information content (AvgIpc) is 3.02. The molecular formula is C17H15ClN2OS2. The second kappa shape index (κ2) is 7.90. The first kappa shape index (κ1) is 16.4. The zero-order valence-electron chi connectivity index (χ0n) is 12.5. The summed E-state index contributed by atoms with van der Waals surface area (Å²) in [7, 11) is 0. The summed E-state index contributed by atoms with van der Waals surface area (Å²) in [5.74, 6) is 2.45. The maximum atomic E-state index is 5.88. The summed E-state index contributed by atoms with van der Waals surface area (Å²) in [5, 5.41) is 9.62. The first-order valence-electron chi connectivity index (χ1n) is 7.13. The van der Waals surface area contributed by atoms with Crippen molar-refractivity contribution in [2.24, 2.45) is 0 Å². The molecular weight excluding hydrogens is 348 g/mol. The largest absolute Gasteiger partial charge is 0.411 e. The Kier molecular flexibility index (Phi) is 5.65. The number of rotatable bonds is 6. The van der Waals surface area contributed by atoms with Crippen molar-refractivity contribution in [2.45, 2.75) is 17.0 Å². The lowest BCUT2D eigenvalue weighted by atomic mass is 10.1. The molecule has 0 N–H and O–H groups in total. The van der Waals surface area contributed by atoms with Gasteiger partial charge in [0.05, 0.1) is 0 Å². The number of aromatic nitrogens is 2. The fourth-order valence-electron chi connectivity index (χ4n) is 2.01. The second-order valence-electron chi connectivity index (χ2n) is 4.84. The molecule has 0 amide bonds. The Morgan fingerprint density at radius 2 is 1.70 bits per heavy atom. The smallest absolute Gasteiger partial charge is 0.276 e. The van der Waals surface area contributed by atoms with Gasteiger partial charge in [-0.2, -0.15) is 0 Å². The van der Waals surface area contributed by atoms with Crippen LogP contribution < -0.4 is 0 Å². The number of halogens is 1. The topological polar surface area (TPSA) is 38.9 Å². The Hall–Kier alpha value is -1.43. The van der Waals surface area contributed by atoms with Gasteiger partial charge in [0.2, 0.25) is 5.89 Å². The minimum Gasteiger partial charge on any atom is -0.411 e. The fourth-order valence-corrected chi connectivity index (χ4v) is 3.78. The molecule has 118 valence electrons. The molecule has 0 aliphatic rings. The Balaban J connectivity index is 1.52. The standard InChI is InChI=1S/C17H15ClN2OS2/c1-12-4-2-3-5-15(12)16-19-20-17(21-16)23-11-10-22-14-8-6-13(18)7-9-14/h2-9H,10-11H2,1H3. The first-order chi connectivity index (χ1) is 11.2. The molecule has 0 spiro atoms. The zero-order chi connectivity index (χ0) is 16.1. The third kappa shape index (κ3) is 4.53. The molecule has 3 aromatic rings. The van der Waals surface area contributed by atoms with Crippen molar-refractivity contribution in [3.05, 3.63) is 59.1 Å². The Morgan fingerprint density at radius 1 is 0.957 bits per heavy atom. The lowest BCUT2D eigenvalue weighted by molar-refractivity contribution is 0.466. The van der Waals surface area contributed by atoms with Gasteiger partial charge in [-0.3, -0.25) is 0 Å². The van der Waals surface area contributed by atoms with E-state index in [1.165, 1.54) is 4.90 Å². The molecule has 3 nitrogen and oxygen atoms in total. The van der Waals surface area contributed by atoms with Crippen molar-refractivity contribution in [3.8, 4) is 11.5 Å². The summed E-state index contributed by atoms with van der Waals surface area (Å²) in [6.45, 7) is 2.04. The van der Waals surface area contributed by atoms with E-state index in [-0.39, 0.29) is 0 Å². The molecule has 0 saturated carbocycles. The third-order valence-electron chi connectivity index (χ3n) is 3.17. The zero-order valence-corrected chi connectivity index (χ0v) is 14.9. The Bertz CT molecular complexity index is 774. The monoisotopic (exact) mass is 362 g/mol. The van der Waals surface area contributed by atoms with E-state index in [2.05, 4.69) is 10.2 Å². The van der Waals surface area contributed by atoms with Gasteiger partial charge >= 0.3 is 0 Å². The van der Waals surface area contributed by atoms with Crippen LogP contribution in [0.5, 0.6) is 0 Å². The lowest BCUT2D eigenvalue weighted by Crippen LogP contribution is -1.84.